The fourth-order valence-corrected chi connectivity index (χ4v) is 1.19. The largest absolute Gasteiger partial charge is 0.378 e. The summed E-state index contributed by atoms with van der Waals surface area (Å²) in [6, 6.07) is 0. The highest BCUT2D eigenvalue weighted by atomic mass is 32.5. The van der Waals surface area contributed by atoms with E-state index in [1.54, 1.807) is 0 Å². The minimum Gasteiger partial charge on any atom is -0.378 e. The Hall–Kier alpha value is 0.490. The minimum absolute atomic E-state index is 0.303. The zero-order chi connectivity index (χ0) is 6.78. The number of hydrogen-bond donors (Lipinski definition) is 4. The third kappa shape index (κ3) is 6.49. The highest BCUT2D eigenvalue weighted by molar-refractivity contribution is 8.09. The highest BCUT2D eigenvalue weighted by Gasteiger charge is 2.10. The van der Waals surface area contributed by atoms with Crippen LogP contribution in [0.1, 0.15) is 0 Å². The molecule has 0 aromatic carbocycles. The van der Waals surface area contributed by atoms with Gasteiger partial charge in [0.15, 0.2) is 6.49 Å². The molecule has 0 spiro atoms. The van der Waals surface area contributed by atoms with Crippen LogP contribution in [0.3, 0.4) is 0 Å². The van der Waals surface area contributed by atoms with Crippen LogP contribution < -0.4 is 5.73 Å². The number of rotatable bonds is 2. The van der Waals surface area contributed by atoms with Gasteiger partial charge in [-0.2, -0.15) is 0 Å². The van der Waals surface area contributed by atoms with Gasteiger partial charge in [-0.3, -0.25) is 0 Å². The maximum absolute atomic E-state index is 8.43. The van der Waals surface area contributed by atoms with E-state index in [1.165, 1.54) is 0 Å². The van der Waals surface area contributed by atoms with Gasteiger partial charge in [-0.25, -0.2) is 0 Å². The van der Waals surface area contributed by atoms with Crippen LogP contribution in [0, 0.1) is 0 Å². The Bertz CT molecular complexity index is 110. The second-order valence-corrected chi connectivity index (χ2v) is 4.86. The third-order valence-corrected chi connectivity index (χ3v) is 1.72. The Morgan fingerprint density at radius 1 is 1.62 bits per heavy atom. The molecule has 0 bridgehead atoms. The summed E-state index contributed by atoms with van der Waals surface area (Å²) >= 11 is 4.14. The maximum atomic E-state index is 8.43. The van der Waals surface area contributed by atoms with Gasteiger partial charge in [0.05, 0.1) is 6.16 Å². The summed E-state index contributed by atoms with van der Waals surface area (Å²) in [6.45, 7) is -3.26. The van der Waals surface area contributed by atoms with Crippen LogP contribution >= 0.6 is 6.49 Å². The predicted octanol–water partition coefficient (Wildman–Crippen LogP) is -1.44. The van der Waals surface area contributed by atoms with E-state index in [0.29, 0.717) is 0 Å². The van der Waals surface area contributed by atoms with Crippen molar-refractivity contribution in [2.45, 2.75) is 6.23 Å². The Balaban J connectivity index is 3.56. The van der Waals surface area contributed by atoms with Crippen molar-refractivity contribution in [3.63, 3.8) is 0 Å². The number of nitrogens with two attached hydrogens (primary N) is 1. The van der Waals surface area contributed by atoms with Crippen LogP contribution in [0.15, 0.2) is 0 Å². The molecule has 0 radical (unpaired) electrons. The van der Waals surface area contributed by atoms with Crippen molar-refractivity contribution in [1.29, 1.82) is 0 Å². The van der Waals surface area contributed by atoms with Gasteiger partial charge in [0.1, 0.15) is 6.23 Å². The summed E-state index contributed by atoms with van der Waals surface area (Å²) in [6.07, 6.45) is -1.52. The van der Waals surface area contributed by atoms with Crippen molar-refractivity contribution in [3.8, 4) is 0 Å². The predicted molar refractivity (Wildman–Crippen MR) is 33.8 cm³/mol. The SMILES string of the molecule is NC(O)CP(O)(O)=S. The molecule has 0 saturated heterocycles. The first kappa shape index (κ1) is 8.49. The summed E-state index contributed by atoms with van der Waals surface area (Å²) in [4.78, 5) is 16.9. The summed E-state index contributed by atoms with van der Waals surface area (Å²) in [5.41, 5.74) is 4.78. The van der Waals surface area contributed by atoms with Gasteiger partial charge in [0.25, 0.3) is 0 Å². The molecule has 0 aliphatic heterocycles. The zero-order valence-electron chi connectivity index (χ0n) is 4.06. The Labute approximate surface area is 52.1 Å². The molecule has 0 heterocycles. The molecule has 1 unspecified atom stereocenters. The summed E-state index contributed by atoms with van der Waals surface area (Å²) in [5.74, 6) is 0. The van der Waals surface area contributed by atoms with Gasteiger partial charge in [0, 0.05) is 0 Å². The highest BCUT2D eigenvalue weighted by Crippen LogP contribution is 2.34. The Kier molecular flexibility index (Phi) is 3.04. The van der Waals surface area contributed by atoms with Crippen molar-refractivity contribution in [2.75, 3.05) is 6.16 Å². The lowest BCUT2D eigenvalue weighted by Crippen LogP contribution is -2.23. The summed E-state index contributed by atoms with van der Waals surface area (Å²) in [5, 5.41) is 8.31. The van der Waals surface area contributed by atoms with E-state index in [0.717, 1.165) is 0 Å². The van der Waals surface area contributed by atoms with Gasteiger partial charge in [-0.15, -0.1) is 0 Å². The third-order valence-electron chi connectivity index (χ3n) is 0.425. The van der Waals surface area contributed by atoms with Crippen molar-refractivity contribution < 1.29 is 14.9 Å². The van der Waals surface area contributed by atoms with Gasteiger partial charge < -0.3 is 20.6 Å². The maximum Gasteiger partial charge on any atom is 0.187 e. The molecular weight excluding hydrogens is 149 g/mol. The number of hydrogen-bond acceptors (Lipinski definition) is 3. The lowest BCUT2D eigenvalue weighted by atomic mass is 10.7. The van der Waals surface area contributed by atoms with Gasteiger partial charge >= 0.3 is 0 Å². The van der Waals surface area contributed by atoms with Crippen LogP contribution in [-0.2, 0) is 11.8 Å². The van der Waals surface area contributed by atoms with Crippen LogP contribution in [-0.4, -0.2) is 27.3 Å². The van der Waals surface area contributed by atoms with E-state index in [-0.39, 0.29) is 6.16 Å². The Morgan fingerprint density at radius 3 is 2.00 bits per heavy atom. The van der Waals surface area contributed by atoms with Crippen molar-refractivity contribution >= 4 is 18.3 Å². The van der Waals surface area contributed by atoms with E-state index in [2.05, 4.69) is 11.8 Å². The molecule has 0 aliphatic carbocycles. The molecule has 0 aliphatic rings. The summed E-state index contributed by atoms with van der Waals surface area (Å²) < 4.78 is 0. The first-order valence-corrected chi connectivity index (χ1v) is 4.79. The number of aliphatic hydroxyl groups is 1. The topological polar surface area (TPSA) is 86.7 Å². The van der Waals surface area contributed by atoms with Gasteiger partial charge in [-0.1, -0.05) is 0 Å². The van der Waals surface area contributed by atoms with Crippen molar-refractivity contribution in [2.24, 2.45) is 5.73 Å². The first-order valence-electron chi connectivity index (χ1n) is 1.90. The molecule has 0 rings (SSSR count). The monoisotopic (exact) mass is 157 g/mol. The van der Waals surface area contributed by atoms with Crippen molar-refractivity contribution in [3.05, 3.63) is 0 Å². The van der Waals surface area contributed by atoms with Gasteiger partial charge in [0.2, 0.25) is 0 Å². The van der Waals surface area contributed by atoms with Crippen LogP contribution in [0.2, 0.25) is 0 Å². The molecular formula is C2H8NO3PS. The molecule has 5 N–H and O–H groups in total. The second-order valence-electron chi connectivity index (χ2n) is 1.41. The fourth-order valence-electron chi connectivity index (χ4n) is 0.244. The van der Waals surface area contributed by atoms with Crippen molar-refractivity contribution in [1.82, 2.24) is 0 Å². The van der Waals surface area contributed by atoms with Crippen LogP contribution in [0.5, 0.6) is 0 Å². The quantitative estimate of drug-likeness (QED) is 0.291. The zero-order valence-corrected chi connectivity index (χ0v) is 5.77. The molecule has 50 valence electrons. The van der Waals surface area contributed by atoms with E-state index in [9.17, 15) is 0 Å². The second kappa shape index (κ2) is 2.87. The molecule has 6 heteroatoms. The van der Waals surface area contributed by atoms with Crippen LogP contribution in [0.4, 0.5) is 0 Å². The lowest BCUT2D eigenvalue weighted by molar-refractivity contribution is 0.201. The molecule has 0 fully saturated rings. The molecule has 1 atom stereocenters. The van der Waals surface area contributed by atoms with E-state index in [1.807, 2.05) is 0 Å². The molecule has 0 aromatic rings. The Morgan fingerprint density at radius 2 is 2.00 bits per heavy atom. The van der Waals surface area contributed by atoms with E-state index >= 15 is 0 Å². The minimum atomic E-state index is -3.26. The smallest absolute Gasteiger partial charge is 0.187 e. The van der Waals surface area contributed by atoms with Gasteiger partial charge in [-0.05, 0) is 11.8 Å². The molecule has 8 heavy (non-hydrogen) atoms. The average Bonchev–Trinajstić information content (AvgIpc) is 1.21. The standard InChI is InChI=1S/C2H8NO3PS/c3-2(4)1-7(5,6)8/h2,4H,1,3H2,(H2,5,6,8). The first-order chi connectivity index (χ1) is 3.42. The average molecular weight is 157 g/mol. The molecule has 0 aromatic heterocycles. The number of aliphatic hydroxyl groups excluding tert-OH is 1. The molecule has 4 nitrogen and oxygen atoms in total. The lowest BCUT2D eigenvalue weighted by Gasteiger charge is -2.07. The molecule has 0 saturated carbocycles. The fraction of sp³-hybridized carbons (Fsp3) is 1.00. The molecule has 0 amide bonds. The van der Waals surface area contributed by atoms with E-state index < -0.39 is 12.7 Å². The normalized spacial score (nSPS) is 16.0. The van der Waals surface area contributed by atoms with E-state index in [4.69, 9.17) is 20.6 Å². The summed E-state index contributed by atoms with van der Waals surface area (Å²) in [7, 11) is 0. The van der Waals surface area contributed by atoms with Crippen LogP contribution in [0.25, 0.3) is 0 Å².